The Hall–Kier alpha value is -3.60. The van der Waals surface area contributed by atoms with E-state index in [9.17, 15) is 19.2 Å². The van der Waals surface area contributed by atoms with Crippen LogP contribution in [0.1, 0.15) is 38.7 Å². The van der Waals surface area contributed by atoms with Gasteiger partial charge in [-0.05, 0) is 53.8 Å². The molecular weight excluding hydrogens is 508 g/mol. The van der Waals surface area contributed by atoms with Gasteiger partial charge in [0, 0.05) is 32.6 Å². The van der Waals surface area contributed by atoms with Crippen molar-refractivity contribution >= 4 is 33.4 Å². The number of hydrogen-bond donors (Lipinski definition) is 1. The normalized spacial score (nSPS) is 18.6. The van der Waals surface area contributed by atoms with Gasteiger partial charge in [-0.3, -0.25) is 23.5 Å². The summed E-state index contributed by atoms with van der Waals surface area (Å²) in [5.74, 6) is 1.85. The summed E-state index contributed by atoms with van der Waals surface area (Å²) in [6.07, 6.45) is 1.54. The SMILES string of the molecule is C[C@H]1C[C@H](C)CN(C(=O)Cn2c(=O)n(CCCC(=O)NCc3ccc4c(c3)OCO4)c(=O)c3sccc32)C1. The zero-order valence-electron chi connectivity index (χ0n) is 21.6. The maximum Gasteiger partial charge on any atom is 0.332 e. The van der Waals surface area contributed by atoms with Gasteiger partial charge in [-0.1, -0.05) is 19.9 Å². The van der Waals surface area contributed by atoms with Gasteiger partial charge >= 0.3 is 5.69 Å². The first-order chi connectivity index (χ1) is 18.3. The van der Waals surface area contributed by atoms with Crippen LogP contribution >= 0.6 is 11.3 Å². The van der Waals surface area contributed by atoms with Gasteiger partial charge in [-0.2, -0.15) is 0 Å². The summed E-state index contributed by atoms with van der Waals surface area (Å²) in [5, 5.41) is 4.61. The molecule has 0 radical (unpaired) electrons. The Balaban J connectivity index is 1.24. The van der Waals surface area contributed by atoms with Gasteiger partial charge in [0.05, 0.1) is 5.52 Å². The fourth-order valence-corrected chi connectivity index (χ4v) is 6.17. The highest BCUT2D eigenvalue weighted by Gasteiger charge is 2.26. The number of nitrogens with one attached hydrogen (secondary N) is 1. The number of thiophene rings is 1. The van der Waals surface area contributed by atoms with Crippen LogP contribution in [0.15, 0.2) is 39.2 Å². The number of benzene rings is 1. The van der Waals surface area contributed by atoms with Crippen molar-refractivity contribution in [2.75, 3.05) is 19.9 Å². The monoisotopic (exact) mass is 540 g/mol. The van der Waals surface area contributed by atoms with Gasteiger partial charge < -0.3 is 19.7 Å². The number of nitrogens with zero attached hydrogens (tertiary/aromatic N) is 3. The predicted octanol–water partition coefficient (Wildman–Crippen LogP) is 2.55. The van der Waals surface area contributed by atoms with Crippen LogP contribution in [0.25, 0.3) is 10.2 Å². The third-order valence-corrected chi connectivity index (χ3v) is 7.96. The van der Waals surface area contributed by atoms with Crippen LogP contribution in [-0.4, -0.2) is 45.7 Å². The van der Waals surface area contributed by atoms with E-state index in [2.05, 4.69) is 19.2 Å². The summed E-state index contributed by atoms with van der Waals surface area (Å²) in [4.78, 5) is 53.8. The number of amides is 2. The van der Waals surface area contributed by atoms with E-state index in [0.717, 1.165) is 16.6 Å². The Morgan fingerprint density at radius 1 is 1.05 bits per heavy atom. The van der Waals surface area contributed by atoms with Crippen LogP contribution < -0.4 is 26.0 Å². The minimum atomic E-state index is -0.520. The van der Waals surface area contributed by atoms with Gasteiger partial charge in [0.15, 0.2) is 11.5 Å². The summed E-state index contributed by atoms with van der Waals surface area (Å²) in [6, 6.07) is 7.20. The molecule has 202 valence electrons. The number of ether oxygens (including phenoxy) is 2. The highest BCUT2D eigenvalue weighted by molar-refractivity contribution is 7.17. The molecule has 3 aromatic rings. The summed E-state index contributed by atoms with van der Waals surface area (Å²) in [5.41, 5.74) is 0.457. The van der Waals surface area contributed by atoms with Crippen molar-refractivity contribution in [3.8, 4) is 11.5 Å². The lowest BCUT2D eigenvalue weighted by atomic mass is 9.92. The van der Waals surface area contributed by atoms with E-state index in [4.69, 9.17) is 9.47 Å². The van der Waals surface area contributed by atoms with Crippen molar-refractivity contribution in [3.05, 3.63) is 56.0 Å². The zero-order chi connectivity index (χ0) is 26.8. The number of piperidine rings is 1. The van der Waals surface area contributed by atoms with Crippen molar-refractivity contribution < 1.29 is 19.1 Å². The van der Waals surface area contributed by atoms with Crippen molar-refractivity contribution in [3.63, 3.8) is 0 Å². The molecule has 5 rings (SSSR count). The molecule has 1 fully saturated rings. The predicted molar refractivity (Wildman–Crippen MR) is 144 cm³/mol. The lowest BCUT2D eigenvalue weighted by Crippen LogP contribution is -2.47. The molecule has 0 aliphatic carbocycles. The Morgan fingerprint density at radius 3 is 2.61 bits per heavy atom. The van der Waals surface area contributed by atoms with E-state index in [1.54, 1.807) is 17.5 Å². The van der Waals surface area contributed by atoms with E-state index >= 15 is 0 Å². The molecule has 0 bridgehead atoms. The molecule has 2 aliphatic rings. The topological polar surface area (TPSA) is 112 Å². The molecule has 2 amide bonds. The van der Waals surface area contributed by atoms with E-state index in [-0.39, 0.29) is 43.7 Å². The number of aromatic nitrogens is 2. The minimum absolute atomic E-state index is 0.0922. The lowest BCUT2D eigenvalue weighted by molar-refractivity contribution is -0.134. The molecule has 10 nitrogen and oxygen atoms in total. The number of carbonyl (C=O) groups is 2. The molecule has 11 heteroatoms. The Kier molecular flexibility index (Phi) is 7.55. The molecule has 1 N–H and O–H groups in total. The second-order valence-corrected chi connectivity index (χ2v) is 11.2. The van der Waals surface area contributed by atoms with Crippen LogP contribution in [-0.2, 0) is 29.2 Å². The summed E-state index contributed by atoms with van der Waals surface area (Å²) in [6.45, 7) is 6.11. The first kappa shape index (κ1) is 26.0. The first-order valence-electron chi connectivity index (χ1n) is 12.9. The summed E-state index contributed by atoms with van der Waals surface area (Å²) in [7, 11) is 0. The van der Waals surface area contributed by atoms with Crippen LogP contribution in [0.3, 0.4) is 0 Å². The average Bonchev–Trinajstić information content (AvgIpc) is 3.56. The van der Waals surface area contributed by atoms with Gasteiger partial charge in [-0.25, -0.2) is 4.79 Å². The maximum absolute atomic E-state index is 13.4. The molecule has 1 saturated heterocycles. The molecule has 2 aromatic heterocycles. The van der Waals surface area contributed by atoms with Crippen molar-refractivity contribution in [1.82, 2.24) is 19.4 Å². The van der Waals surface area contributed by atoms with E-state index in [1.807, 2.05) is 17.0 Å². The lowest BCUT2D eigenvalue weighted by Gasteiger charge is -2.35. The van der Waals surface area contributed by atoms with Crippen LogP contribution in [0.5, 0.6) is 11.5 Å². The third kappa shape index (κ3) is 5.47. The summed E-state index contributed by atoms with van der Waals surface area (Å²) >= 11 is 1.25. The minimum Gasteiger partial charge on any atom is -0.454 e. The fraction of sp³-hybridized carbons (Fsp3) is 0.481. The fourth-order valence-electron chi connectivity index (χ4n) is 5.32. The quantitative estimate of drug-likeness (QED) is 0.470. The molecular formula is C27H32N4O6S. The molecule has 4 heterocycles. The molecule has 38 heavy (non-hydrogen) atoms. The number of rotatable bonds is 8. The summed E-state index contributed by atoms with van der Waals surface area (Å²) < 4.78 is 13.6. The second-order valence-electron chi connectivity index (χ2n) is 10.3. The Labute approximate surface area is 223 Å². The van der Waals surface area contributed by atoms with Gasteiger partial charge in [0.1, 0.15) is 11.2 Å². The third-order valence-electron chi connectivity index (χ3n) is 7.06. The highest BCUT2D eigenvalue weighted by atomic mass is 32.1. The molecule has 2 atom stereocenters. The molecule has 0 spiro atoms. The van der Waals surface area contributed by atoms with Gasteiger partial charge in [-0.15, -0.1) is 11.3 Å². The van der Waals surface area contributed by atoms with Crippen LogP contribution in [0, 0.1) is 11.8 Å². The Bertz CT molecular complexity index is 1460. The smallest absolute Gasteiger partial charge is 0.332 e. The number of fused-ring (bicyclic) bond motifs is 2. The zero-order valence-corrected chi connectivity index (χ0v) is 22.4. The van der Waals surface area contributed by atoms with Crippen LogP contribution in [0.2, 0.25) is 0 Å². The van der Waals surface area contributed by atoms with Crippen molar-refractivity contribution in [2.24, 2.45) is 11.8 Å². The maximum atomic E-state index is 13.4. The largest absolute Gasteiger partial charge is 0.454 e. The number of hydrogen-bond acceptors (Lipinski definition) is 7. The van der Waals surface area contributed by atoms with E-state index in [0.29, 0.717) is 59.6 Å². The average molecular weight is 541 g/mol. The van der Waals surface area contributed by atoms with Gasteiger partial charge in [0.2, 0.25) is 18.6 Å². The first-order valence-corrected chi connectivity index (χ1v) is 13.8. The second kappa shape index (κ2) is 11.0. The molecule has 0 unspecified atom stereocenters. The van der Waals surface area contributed by atoms with Gasteiger partial charge in [0.25, 0.3) is 5.56 Å². The molecule has 2 aliphatic heterocycles. The van der Waals surface area contributed by atoms with Crippen molar-refractivity contribution in [2.45, 2.75) is 52.7 Å². The number of likely N-dealkylation sites (tertiary alicyclic amines) is 1. The molecule has 0 saturated carbocycles. The number of carbonyl (C=O) groups excluding carboxylic acids is 2. The van der Waals surface area contributed by atoms with Crippen molar-refractivity contribution in [1.29, 1.82) is 0 Å². The standard InChI is InChI=1S/C27H32N4O6S/c1-17-10-18(2)14-29(13-17)24(33)15-31-20-7-9-38-25(20)26(34)30(27(31)35)8-3-4-23(32)28-12-19-5-6-21-22(11-19)37-16-36-21/h5-7,9,11,17-18H,3-4,8,10,12-16H2,1-2H3,(H,28,32)/t17-,18-/m0/s1. The van der Waals surface area contributed by atoms with E-state index in [1.165, 1.54) is 15.9 Å². The van der Waals surface area contributed by atoms with E-state index < -0.39 is 5.69 Å². The van der Waals surface area contributed by atoms with Crippen LogP contribution in [0.4, 0.5) is 0 Å². The Morgan fingerprint density at radius 2 is 1.82 bits per heavy atom. The highest BCUT2D eigenvalue weighted by Crippen LogP contribution is 2.32. The molecule has 1 aromatic carbocycles.